The van der Waals surface area contributed by atoms with Gasteiger partial charge in [-0.25, -0.2) is 22.8 Å². The number of likely N-dealkylation sites (tertiary alicyclic amines) is 2. The number of carbonyl (C=O) groups is 2. The maximum Gasteiger partial charge on any atom is 0.412 e. The van der Waals surface area contributed by atoms with Crippen molar-refractivity contribution in [3.63, 3.8) is 0 Å². The fourth-order valence-electron chi connectivity index (χ4n) is 8.61. The molecule has 4 atom stereocenters. The number of halogens is 3. The van der Waals surface area contributed by atoms with Crippen LogP contribution in [0.4, 0.5) is 33.6 Å². The van der Waals surface area contributed by atoms with E-state index in [1.807, 2.05) is 25.7 Å². The zero-order valence-corrected chi connectivity index (χ0v) is 34.3. The Labute approximate surface area is 338 Å². The average Bonchev–Trinajstić information content (AvgIpc) is 3.89. The van der Waals surface area contributed by atoms with Gasteiger partial charge in [0.15, 0.2) is 5.82 Å². The van der Waals surface area contributed by atoms with Crippen molar-refractivity contribution in [1.29, 1.82) is 5.26 Å². The van der Waals surface area contributed by atoms with Gasteiger partial charge in [-0.2, -0.15) is 15.2 Å². The lowest BCUT2D eigenvalue weighted by Crippen LogP contribution is -2.56. The Morgan fingerprint density at radius 2 is 1.67 bits per heavy atom. The molecule has 4 aromatic rings. The summed E-state index contributed by atoms with van der Waals surface area (Å²) < 4.78 is 72.3. The minimum absolute atomic E-state index is 0.0471. The van der Waals surface area contributed by atoms with Gasteiger partial charge in [0.25, 0.3) is 0 Å². The van der Waals surface area contributed by atoms with Crippen molar-refractivity contribution in [2.75, 3.05) is 43.5 Å². The molecule has 1 N–H and O–H groups in total. The molecule has 0 spiro atoms. The second-order valence-electron chi connectivity index (χ2n) is 17.4. The SMILES string of the molecule is CN1C[C@@H](F)C[C@H]1COc1nc(N2C3CCC2CN(C(=O)OC(C)(C)C)C3)c2c3c(c(-c4c(F)ccc5sc(NC(=O)OC(C)(C)C)c(C#N)c45)c(F)c2n1)COC3. The topological polar surface area (TPSA) is 142 Å². The molecule has 4 aliphatic rings. The van der Waals surface area contributed by atoms with E-state index < -0.39 is 41.2 Å². The first-order valence-electron chi connectivity index (χ1n) is 19.4. The summed E-state index contributed by atoms with van der Waals surface area (Å²) in [5, 5.41) is 13.7. The molecule has 2 aromatic heterocycles. The van der Waals surface area contributed by atoms with Gasteiger partial charge in [-0.05, 0) is 91.1 Å². The molecule has 2 bridgehead atoms. The molecule has 2 amide bonds. The monoisotopic (exact) mass is 821 g/mol. The van der Waals surface area contributed by atoms with Crippen molar-refractivity contribution >= 4 is 55.3 Å². The number of fused-ring (bicyclic) bond motifs is 6. The number of aromatic nitrogens is 2. The zero-order valence-electron chi connectivity index (χ0n) is 33.5. The number of ether oxygens (including phenoxy) is 4. The van der Waals surface area contributed by atoms with Gasteiger partial charge in [-0.1, -0.05) is 0 Å². The van der Waals surface area contributed by atoms with Crippen molar-refractivity contribution in [3.8, 4) is 23.2 Å². The molecule has 4 aliphatic heterocycles. The molecule has 8 rings (SSSR count). The Balaban J connectivity index is 1.29. The number of nitrogens with zero attached hydrogens (tertiary/aromatic N) is 6. The number of rotatable bonds is 6. The summed E-state index contributed by atoms with van der Waals surface area (Å²) in [7, 11) is 1.81. The van der Waals surface area contributed by atoms with E-state index in [2.05, 4.69) is 21.3 Å². The third kappa shape index (κ3) is 7.34. The quantitative estimate of drug-likeness (QED) is 0.202. The van der Waals surface area contributed by atoms with Gasteiger partial charge < -0.3 is 28.7 Å². The molecule has 3 saturated heterocycles. The Morgan fingerprint density at radius 1 is 0.983 bits per heavy atom. The molecular weight excluding hydrogens is 776 g/mol. The molecule has 13 nitrogen and oxygen atoms in total. The fraction of sp³-hybridized carbons (Fsp3) is 0.537. The highest BCUT2D eigenvalue weighted by Gasteiger charge is 2.45. The molecule has 2 aromatic carbocycles. The number of thiophene rings is 1. The molecule has 308 valence electrons. The van der Waals surface area contributed by atoms with Crippen LogP contribution in [0.15, 0.2) is 12.1 Å². The molecule has 0 aliphatic carbocycles. The van der Waals surface area contributed by atoms with Gasteiger partial charge in [0, 0.05) is 59.0 Å². The van der Waals surface area contributed by atoms with Crippen molar-refractivity contribution in [3.05, 3.63) is 40.5 Å². The van der Waals surface area contributed by atoms with Gasteiger partial charge in [0.05, 0.1) is 24.2 Å². The maximum absolute atomic E-state index is 17.8. The van der Waals surface area contributed by atoms with Crippen LogP contribution < -0.4 is 15.0 Å². The standard InChI is InChI=1S/C41H46F3N7O6S/c1-40(2,3)56-38(52)48-36-24(13-45)29-28(58-36)11-10-27(43)32(29)30-25-18-54-19-26(25)31-34(33(30)44)46-37(55-17-23-12-20(42)14-49(23)7)47-35(31)51-21-8-9-22(51)16-50(15-21)39(53)57-41(4,5)6/h10-11,20-23H,8-9,12,14-19H2,1-7H3,(H,48,52)/t20-,21?,22?,23-/m0/s1. The lowest BCUT2D eigenvalue weighted by atomic mass is 9.90. The number of anilines is 2. The predicted molar refractivity (Wildman–Crippen MR) is 212 cm³/mol. The van der Waals surface area contributed by atoms with Crippen molar-refractivity contribution in [2.24, 2.45) is 0 Å². The van der Waals surface area contributed by atoms with Crippen LogP contribution in [0.3, 0.4) is 0 Å². The number of piperazine rings is 1. The molecule has 6 heterocycles. The summed E-state index contributed by atoms with van der Waals surface area (Å²) in [6.07, 6.45) is -0.503. The number of hydrogen-bond acceptors (Lipinski definition) is 12. The van der Waals surface area contributed by atoms with E-state index in [0.717, 1.165) is 24.2 Å². The number of amides is 2. The lowest BCUT2D eigenvalue weighted by molar-refractivity contribution is 0.0209. The number of likely N-dealkylation sites (N-methyl/N-ethyl adjacent to an activating group) is 1. The van der Waals surface area contributed by atoms with E-state index in [0.29, 0.717) is 40.1 Å². The van der Waals surface area contributed by atoms with Gasteiger partial charge in [0.2, 0.25) is 0 Å². The molecular formula is C41H46F3N7O6S. The Bertz CT molecular complexity index is 2360. The average molecular weight is 822 g/mol. The lowest BCUT2D eigenvalue weighted by Gasteiger charge is -2.42. The normalized spacial score (nSPS) is 22.1. The molecule has 0 saturated carbocycles. The van der Waals surface area contributed by atoms with E-state index in [4.69, 9.17) is 23.9 Å². The van der Waals surface area contributed by atoms with E-state index in [-0.39, 0.29) is 89.5 Å². The highest BCUT2D eigenvalue weighted by Crippen LogP contribution is 2.49. The highest BCUT2D eigenvalue weighted by atomic mass is 32.1. The van der Waals surface area contributed by atoms with Crippen LogP contribution in [0.1, 0.15) is 77.5 Å². The zero-order chi connectivity index (χ0) is 41.4. The minimum Gasteiger partial charge on any atom is -0.462 e. The van der Waals surface area contributed by atoms with Crippen LogP contribution >= 0.6 is 11.3 Å². The van der Waals surface area contributed by atoms with Gasteiger partial charge in [0.1, 0.15) is 52.2 Å². The third-order valence-electron chi connectivity index (χ3n) is 11.0. The summed E-state index contributed by atoms with van der Waals surface area (Å²) in [4.78, 5) is 41.3. The third-order valence-corrected chi connectivity index (χ3v) is 12.0. The summed E-state index contributed by atoms with van der Waals surface area (Å²) in [6.45, 7) is 11.5. The van der Waals surface area contributed by atoms with E-state index in [9.17, 15) is 19.2 Å². The number of nitriles is 1. The van der Waals surface area contributed by atoms with Gasteiger partial charge >= 0.3 is 18.2 Å². The van der Waals surface area contributed by atoms with Crippen LogP contribution in [-0.2, 0) is 27.4 Å². The summed E-state index contributed by atoms with van der Waals surface area (Å²) >= 11 is 1.04. The first-order chi connectivity index (χ1) is 27.4. The van der Waals surface area contributed by atoms with E-state index >= 15 is 8.78 Å². The Hall–Kier alpha value is -4.92. The fourth-order valence-corrected chi connectivity index (χ4v) is 9.65. The van der Waals surface area contributed by atoms with Crippen LogP contribution in [0.5, 0.6) is 6.01 Å². The van der Waals surface area contributed by atoms with Crippen molar-refractivity contribution in [2.45, 2.75) is 110 Å². The number of benzene rings is 2. The van der Waals surface area contributed by atoms with Crippen LogP contribution in [0.25, 0.3) is 32.1 Å². The van der Waals surface area contributed by atoms with Crippen LogP contribution in [0.2, 0.25) is 0 Å². The summed E-state index contributed by atoms with van der Waals surface area (Å²) in [6, 6.07) is 4.00. The van der Waals surface area contributed by atoms with Gasteiger partial charge in [-0.3, -0.25) is 10.2 Å². The summed E-state index contributed by atoms with van der Waals surface area (Å²) in [5.74, 6) is -1.25. The highest BCUT2D eigenvalue weighted by molar-refractivity contribution is 7.23. The maximum atomic E-state index is 17.8. The molecule has 3 fully saturated rings. The molecule has 2 unspecified atom stereocenters. The second-order valence-corrected chi connectivity index (χ2v) is 18.5. The number of carbonyl (C=O) groups excluding carboxylic acids is 2. The van der Waals surface area contributed by atoms with Crippen molar-refractivity contribution in [1.82, 2.24) is 19.8 Å². The number of nitrogens with one attached hydrogen (secondary N) is 1. The van der Waals surface area contributed by atoms with Gasteiger partial charge in [-0.15, -0.1) is 11.3 Å². The smallest absolute Gasteiger partial charge is 0.412 e. The number of hydrogen-bond donors (Lipinski definition) is 1. The van der Waals surface area contributed by atoms with Crippen LogP contribution in [-0.4, -0.2) is 101 Å². The second kappa shape index (κ2) is 14.7. The van der Waals surface area contributed by atoms with E-state index in [1.54, 1.807) is 32.7 Å². The predicted octanol–water partition coefficient (Wildman–Crippen LogP) is 8.05. The molecule has 58 heavy (non-hydrogen) atoms. The Kier molecular flexibility index (Phi) is 10.1. The largest absolute Gasteiger partial charge is 0.462 e. The van der Waals surface area contributed by atoms with Crippen LogP contribution in [0, 0.1) is 23.0 Å². The molecule has 0 radical (unpaired) electrons. The van der Waals surface area contributed by atoms with Crippen molar-refractivity contribution < 1.29 is 41.7 Å². The first kappa shape index (κ1) is 39.9. The Morgan fingerprint density at radius 3 is 2.31 bits per heavy atom. The van der Waals surface area contributed by atoms with E-state index in [1.165, 1.54) is 12.1 Å². The first-order valence-corrected chi connectivity index (χ1v) is 20.2. The minimum atomic E-state index is -1.01. The summed E-state index contributed by atoms with van der Waals surface area (Å²) in [5.41, 5.74) is -1.02. The molecule has 17 heteroatoms. The number of alkyl halides is 1.